The highest BCUT2D eigenvalue weighted by atomic mass is 16.2. The SMILES string of the molecule is CCN(CC(C)CN)C(C)C(=O)NC(C)C. The van der Waals surface area contributed by atoms with Crippen molar-refractivity contribution in [2.24, 2.45) is 11.7 Å². The maximum Gasteiger partial charge on any atom is 0.237 e. The lowest BCUT2D eigenvalue weighted by molar-refractivity contribution is -0.126. The number of carbonyl (C=O) groups is 1. The Balaban J connectivity index is 4.28. The Kier molecular flexibility index (Phi) is 7.34. The van der Waals surface area contributed by atoms with Crippen molar-refractivity contribution < 1.29 is 4.79 Å². The van der Waals surface area contributed by atoms with Gasteiger partial charge < -0.3 is 11.1 Å². The molecule has 0 aromatic heterocycles. The number of nitrogens with zero attached hydrogens (tertiary/aromatic N) is 1. The van der Waals surface area contributed by atoms with Gasteiger partial charge in [-0.3, -0.25) is 9.69 Å². The van der Waals surface area contributed by atoms with E-state index in [4.69, 9.17) is 5.73 Å². The van der Waals surface area contributed by atoms with Crippen LogP contribution in [0.4, 0.5) is 0 Å². The fourth-order valence-corrected chi connectivity index (χ4v) is 1.61. The monoisotopic (exact) mass is 229 g/mol. The van der Waals surface area contributed by atoms with Crippen molar-refractivity contribution in [3.05, 3.63) is 0 Å². The van der Waals surface area contributed by atoms with Gasteiger partial charge in [0, 0.05) is 12.6 Å². The molecular weight excluding hydrogens is 202 g/mol. The van der Waals surface area contributed by atoms with Gasteiger partial charge in [0.25, 0.3) is 0 Å². The van der Waals surface area contributed by atoms with E-state index in [1.54, 1.807) is 0 Å². The Morgan fingerprint density at radius 2 is 1.88 bits per heavy atom. The summed E-state index contributed by atoms with van der Waals surface area (Å²) in [4.78, 5) is 14.0. The number of nitrogens with two attached hydrogens (primary N) is 1. The minimum atomic E-state index is -0.0820. The highest BCUT2D eigenvalue weighted by molar-refractivity contribution is 5.81. The van der Waals surface area contributed by atoms with Crippen LogP contribution < -0.4 is 11.1 Å². The maximum absolute atomic E-state index is 11.8. The van der Waals surface area contributed by atoms with Crippen LogP contribution in [-0.4, -0.2) is 42.5 Å². The first-order chi connectivity index (χ1) is 7.42. The minimum absolute atomic E-state index is 0.0820. The van der Waals surface area contributed by atoms with E-state index in [0.717, 1.165) is 13.1 Å². The minimum Gasteiger partial charge on any atom is -0.353 e. The van der Waals surface area contributed by atoms with Gasteiger partial charge in [-0.25, -0.2) is 0 Å². The molecule has 0 aliphatic rings. The summed E-state index contributed by atoms with van der Waals surface area (Å²) >= 11 is 0. The van der Waals surface area contributed by atoms with Gasteiger partial charge in [0.15, 0.2) is 0 Å². The second kappa shape index (κ2) is 7.63. The summed E-state index contributed by atoms with van der Waals surface area (Å²) in [6.07, 6.45) is 0. The summed E-state index contributed by atoms with van der Waals surface area (Å²) in [5, 5.41) is 2.94. The molecule has 4 nitrogen and oxygen atoms in total. The lowest BCUT2D eigenvalue weighted by Crippen LogP contribution is -2.48. The highest BCUT2D eigenvalue weighted by Crippen LogP contribution is 2.04. The molecule has 0 aliphatic heterocycles. The third kappa shape index (κ3) is 5.47. The van der Waals surface area contributed by atoms with E-state index in [1.807, 2.05) is 20.8 Å². The summed E-state index contributed by atoms with van der Waals surface area (Å²) in [6, 6.07) is 0.113. The molecule has 0 aromatic rings. The summed E-state index contributed by atoms with van der Waals surface area (Å²) < 4.78 is 0. The van der Waals surface area contributed by atoms with Crippen LogP contribution in [-0.2, 0) is 4.79 Å². The molecule has 3 N–H and O–H groups in total. The smallest absolute Gasteiger partial charge is 0.237 e. The molecule has 96 valence electrons. The Morgan fingerprint density at radius 3 is 2.25 bits per heavy atom. The van der Waals surface area contributed by atoms with Gasteiger partial charge in [-0.2, -0.15) is 0 Å². The Labute approximate surface area is 99.6 Å². The van der Waals surface area contributed by atoms with Crippen molar-refractivity contribution in [2.45, 2.75) is 46.7 Å². The average Bonchev–Trinajstić information content (AvgIpc) is 2.23. The predicted octanol–water partition coefficient (Wildman–Crippen LogP) is 0.816. The molecule has 0 radical (unpaired) electrons. The Hall–Kier alpha value is -0.610. The summed E-state index contributed by atoms with van der Waals surface area (Å²) in [7, 11) is 0. The molecule has 4 heteroatoms. The van der Waals surface area contributed by atoms with Gasteiger partial charge in [-0.15, -0.1) is 0 Å². The van der Waals surface area contributed by atoms with Crippen LogP contribution in [0.15, 0.2) is 0 Å². The van der Waals surface area contributed by atoms with Crippen LogP contribution in [0.3, 0.4) is 0 Å². The van der Waals surface area contributed by atoms with Gasteiger partial charge in [-0.05, 0) is 39.8 Å². The number of nitrogens with one attached hydrogen (secondary N) is 1. The Morgan fingerprint density at radius 1 is 1.31 bits per heavy atom. The molecule has 1 amide bonds. The number of hydrogen-bond donors (Lipinski definition) is 2. The average molecular weight is 229 g/mol. The molecule has 0 spiro atoms. The van der Waals surface area contributed by atoms with Gasteiger partial charge in [0.2, 0.25) is 5.91 Å². The van der Waals surface area contributed by atoms with Gasteiger partial charge in [0.05, 0.1) is 6.04 Å². The quantitative estimate of drug-likeness (QED) is 0.679. The first kappa shape index (κ1) is 15.4. The van der Waals surface area contributed by atoms with Crippen LogP contribution in [0, 0.1) is 5.92 Å². The third-order valence-electron chi connectivity index (χ3n) is 2.71. The van der Waals surface area contributed by atoms with Gasteiger partial charge in [-0.1, -0.05) is 13.8 Å². The standard InChI is InChI=1S/C12H27N3O/c1-6-15(8-10(4)7-13)11(5)12(16)14-9(2)3/h9-11H,6-8,13H2,1-5H3,(H,14,16). The summed E-state index contributed by atoms with van der Waals surface area (Å²) in [6.45, 7) is 12.5. The van der Waals surface area contributed by atoms with E-state index in [0.29, 0.717) is 12.5 Å². The molecule has 0 aliphatic carbocycles. The van der Waals surface area contributed by atoms with Crippen molar-refractivity contribution >= 4 is 5.91 Å². The zero-order valence-corrected chi connectivity index (χ0v) is 11.3. The van der Waals surface area contributed by atoms with Crippen molar-refractivity contribution in [1.29, 1.82) is 0 Å². The van der Waals surface area contributed by atoms with E-state index >= 15 is 0 Å². The summed E-state index contributed by atoms with van der Waals surface area (Å²) in [5.41, 5.74) is 5.60. The van der Waals surface area contributed by atoms with E-state index in [9.17, 15) is 4.79 Å². The zero-order chi connectivity index (χ0) is 12.7. The molecule has 0 aromatic carbocycles. The second-order valence-corrected chi connectivity index (χ2v) is 4.77. The van der Waals surface area contributed by atoms with Crippen LogP contribution in [0.1, 0.15) is 34.6 Å². The van der Waals surface area contributed by atoms with E-state index in [-0.39, 0.29) is 18.0 Å². The molecule has 0 heterocycles. The zero-order valence-electron chi connectivity index (χ0n) is 11.3. The van der Waals surface area contributed by atoms with Gasteiger partial charge >= 0.3 is 0 Å². The fraction of sp³-hybridized carbons (Fsp3) is 0.917. The first-order valence-corrected chi connectivity index (χ1v) is 6.16. The number of amides is 1. The molecule has 0 saturated heterocycles. The molecule has 16 heavy (non-hydrogen) atoms. The predicted molar refractivity (Wildman–Crippen MR) is 68.2 cm³/mol. The molecule has 0 saturated carbocycles. The fourth-order valence-electron chi connectivity index (χ4n) is 1.61. The van der Waals surface area contributed by atoms with Gasteiger partial charge in [0.1, 0.15) is 0 Å². The molecule has 0 bridgehead atoms. The normalized spacial score (nSPS) is 15.2. The lowest BCUT2D eigenvalue weighted by atomic mass is 10.1. The number of rotatable bonds is 7. The van der Waals surface area contributed by atoms with E-state index in [2.05, 4.69) is 24.1 Å². The van der Waals surface area contributed by atoms with Crippen LogP contribution in [0.2, 0.25) is 0 Å². The molecule has 2 atom stereocenters. The molecule has 0 fully saturated rings. The van der Waals surface area contributed by atoms with Crippen LogP contribution >= 0.6 is 0 Å². The molecule has 0 rings (SSSR count). The second-order valence-electron chi connectivity index (χ2n) is 4.77. The Bertz CT molecular complexity index is 206. The number of likely N-dealkylation sites (N-methyl/N-ethyl adjacent to an activating group) is 1. The van der Waals surface area contributed by atoms with Crippen molar-refractivity contribution in [3.8, 4) is 0 Å². The topological polar surface area (TPSA) is 58.4 Å². The van der Waals surface area contributed by atoms with Crippen LogP contribution in [0.25, 0.3) is 0 Å². The highest BCUT2D eigenvalue weighted by Gasteiger charge is 2.21. The van der Waals surface area contributed by atoms with E-state index in [1.165, 1.54) is 0 Å². The van der Waals surface area contributed by atoms with Crippen molar-refractivity contribution in [3.63, 3.8) is 0 Å². The van der Waals surface area contributed by atoms with Crippen molar-refractivity contribution in [1.82, 2.24) is 10.2 Å². The van der Waals surface area contributed by atoms with Crippen LogP contribution in [0.5, 0.6) is 0 Å². The first-order valence-electron chi connectivity index (χ1n) is 6.16. The lowest BCUT2D eigenvalue weighted by Gasteiger charge is -2.29. The largest absolute Gasteiger partial charge is 0.353 e. The molecular formula is C12H27N3O. The van der Waals surface area contributed by atoms with E-state index < -0.39 is 0 Å². The maximum atomic E-state index is 11.8. The third-order valence-corrected chi connectivity index (χ3v) is 2.71. The van der Waals surface area contributed by atoms with Crippen molar-refractivity contribution in [2.75, 3.05) is 19.6 Å². The number of hydrogen-bond acceptors (Lipinski definition) is 3. The molecule has 2 unspecified atom stereocenters. The summed E-state index contributed by atoms with van der Waals surface area (Å²) in [5.74, 6) is 0.523. The number of carbonyl (C=O) groups excluding carboxylic acids is 1.